The van der Waals surface area contributed by atoms with E-state index in [1.807, 2.05) is 0 Å². The van der Waals surface area contributed by atoms with Gasteiger partial charge in [-0.3, -0.25) is 10.1 Å². The lowest BCUT2D eigenvalue weighted by atomic mass is 10.1. The standard InChI is InChI=1S/C14H12FNO4/c1-9(17)10-6-7-13(11(15)8-10)20-14-5-3-2-4-12(14)16(18)19/h2-9,17H,1H3/t9-/m1/s1. The fourth-order valence-corrected chi connectivity index (χ4v) is 1.67. The molecule has 1 N–H and O–H groups in total. The van der Waals surface area contributed by atoms with Crippen molar-refractivity contribution < 1.29 is 19.2 Å². The Hall–Kier alpha value is -2.47. The number of ether oxygens (including phenoxy) is 1. The van der Waals surface area contributed by atoms with Crippen LogP contribution in [-0.2, 0) is 0 Å². The van der Waals surface area contributed by atoms with Gasteiger partial charge >= 0.3 is 5.69 Å². The molecular formula is C14H12FNO4. The summed E-state index contributed by atoms with van der Waals surface area (Å²) in [5.74, 6) is -0.869. The van der Waals surface area contributed by atoms with Crippen LogP contribution in [-0.4, -0.2) is 10.0 Å². The molecule has 104 valence electrons. The van der Waals surface area contributed by atoms with Gasteiger partial charge in [-0.05, 0) is 30.7 Å². The van der Waals surface area contributed by atoms with Gasteiger partial charge in [0.15, 0.2) is 11.6 Å². The number of rotatable bonds is 4. The third kappa shape index (κ3) is 2.92. The molecule has 0 spiro atoms. The van der Waals surface area contributed by atoms with Crippen molar-refractivity contribution in [1.82, 2.24) is 0 Å². The van der Waals surface area contributed by atoms with Crippen molar-refractivity contribution in [2.24, 2.45) is 0 Å². The molecule has 0 bridgehead atoms. The molecule has 0 unspecified atom stereocenters. The van der Waals surface area contributed by atoms with Gasteiger partial charge in [0.2, 0.25) is 5.75 Å². The highest BCUT2D eigenvalue weighted by Gasteiger charge is 2.16. The molecule has 0 fully saturated rings. The van der Waals surface area contributed by atoms with Crippen molar-refractivity contribution in [1.29, 1.82) is 0 Å². The van der Waals surface area contributed by atoms with Crippen LogP contribution in [0.15, 0.2) is 42.5 Å². The Morgan fingerprint density at radius 1 is 1.25 bits per heavy atom. The number of halogens is 1. The smallest absolute Gasteiger partial charge is 0.311 e. The number of aliphatic hydroxyl groups excluding tert-OH is 1. The monoisotopic (exact) mass is 277 g/mol. The van der Waals surface area contributed by atoms with Crippen LogP contribution in [0.1, 0.15) is 18.6 Å². The number of benzene rings is 2. The van der Waals surface area contributed by atoms with Crippen LogP contribution in [0.25, 0.3) is 0 Å². The molecule has 0 aromatic heterocycles. The average Bonchev–Trinajstić information content (AvgIpc) is 2.41. The van der Waals surface area contributed by atoms with Crippen LogP contribution in [0.5, 0.6) is 11.5 Å². The summed E-state index contributed by atoms with van der Waals surface area (Å²) in [6, 6.07) is 9.68. The maximum Gasteiger partial charge on any atom is 0.311 e. The lowest BCUT2D eigenvalue weighted by molar-refractivity contribution is -0.385. The molecule has 5 nitrogen and oxygen atoms in total. The number of hydrogen-bond donors (Lipinski definition) is 1. The average molecular weight is 277 g/mol. The Labute approximate surface area is 114 Å². The maximum atomic E-state index is 13.8. The van der Waals surface area contributed by atoms with E-state index in [1.165, 1.54) is 37.3 Å². The number of nitro groups is 1. The van der Waals surface area contributed by atoms with Crippen LogP contribution >= 0.6 is 0 Å². The van der Waals surface area contributed by atoms with Crippen molar-refractivity contribution in [3.63, 3.8) is 0 Å². The summed E-state index contributed by atoms with van der Waals surface area (Å²) in [5, 5.41) is 20.2. The van der Waals surface area contributed by atoms with E-state index >= 15 is 0 Å². The number of nitrogens with zero attached hydrogens (tertiary/aromatic N) is 1. The molecule has 6 heteroatoms. The lowest BCUT2D eigenvalue weighted by Crippen LogP contribution is -1.96. The Morgan fingerprint density at radius 2 is 1.95 bits per heavy atom. The number of para-hydroxylation sites is 2. The van der Waals surface area contributed by atoms with Crippen LogP contribution in [0.4, 0.5) is 10.1 Å². The molecule has 0 amide bonds. The molecule has 0 aliphatic carbocycles. The number of hydrogen-bond acceptors (Lipinski definition) is 4. The van der Waals surface area contributed by atoms with Crippen molar-refractivity contribution in [3.05, 3.63) is 64.0 Å². The second kappa shape index (κ2) is 5.66. The zero-order valence-corrected chi connectivity index (χ0v) is 10.6. The normalized spacial score (nSPS) is 11.9. The molecule has 20 heavy (non-hydrogen) atoms. The zero-order valence-electron chi connectivity index (χ0n) is 10.6. The van der Waals surface area contributed by atoms with E-state index in [2.05, 4.69) is 0 Å². The van der Waals surface area contributed by atoms with E-state index in [9.17, 15) is 19.6 Å². The van der Waals surface area contributed by atoms with Crippen molar-refractivity contribution in [3.8, 4) is 11.5 Å². The first-order valence-electron chi connectivity index (χ1n) is 5.88. The molecule has 0 aliphatic rings. The molecule has 1 atom stereocenters. The Bertz CT molecular complexity index is 643. The number of aliphatic hydroxyl groups is 1. The minimum Gasteiger partial charge on any atom is -0.447 e. The van der Waals surface area contributed by atoms with Gasteiger partial charge < -0.3 is 9.84 Å². The van der Waals surface area contributed by atoms with E-state index in [1.54, 1.807) is 6.07 Å². The first kappa shape index (κ1) is 14.0. The first-order chi connectivity index (χ1) is 9.49. The molecule has 2 rings (SSSR count). The quantitative estimate of drug-likeness (QED) is 0.684. The SMILES string of the molecule is C[C@@H](O)c1ccc(Oc2ccccc2[N+](=O)[O-])c(F)c1. The fraction of sp³-hybridized carbons (Fsp3) is 0.143. The predicted octanol–water partition coefficient (Wildman–Crippen LogP) is 3.58. The van der Waals surface area contributed by atoms with Crippen LogP contribution in [0.3, 0.4) is 0 Å². The summed E-state index contributed by atoms with van der Waals surface area (Å²) < 4.78 is 19.1. The second-order valence-electron chi connectivity index (χ2n) is 4.19. The predicted molar refractivity (Wildman–Crippen MR) is 70.2 cm³/mol. The van der Waals surface area contributed by atoms with Gasteiger partial charge in [-0.2, -0.15) is 0 Å². The summed E-state index contributed by atoms with van der Waals surface area (Å²) in [6.45, 7) is 1.51. The van der Waals surface area contributed by atoms with Crippen molar-refractivity contribution >= 4 is 5.69 Å². The van der Waals surface area contributed by atoms with Gasteiger partial charge in [0.1, 0.15) is 0 Å². The van der Waals surface area contributed by atoms with Crippen molar-refractivity contribution in [2.75, 3.05) is 0 Å². The molecule has 0 aliphatic heterocycles. The van der Waals surface area contributed by atoms with E-state index in [0.717, 1.165) is 6.07 Å². The molecule has 0 saturated heterocycles. The summed E-state index contributed by atoms with van der Waals surface area (Å²) in [7, 11) is 0. The molecule has 0 saturated carbocycles. The van der Waals surface area contributed by atoms with Gasteiger partial charge in [0.25, 0.3) is 0 Å². The van der Waals surface area contributed by atoms with E-state index in [-0.39, 0.29) is 17.2 Å². The van der Waals surface area contributed by atoms with E-state index in [0.29, 0.717) is 5.56 Å². The highest BCUT2D eigenvalue weighted by atomic mass is 19.1. The zero-order chi connectivity index (χ0) is 14.7. The maximum absolute atomic E-state index is 13.8. The Kier molecular flexibility index (Phi) is 3.95. The summed E-state index contributed by atoms with van der Waals surface area (Å²) in [5.41, 5.74) is 0.156. The minimum absolute atomic E-state index is 0.0406. The second-order valence-corrected chi connectivity index (χ2v) is 4.19. The minimum atomic E-state index is -0.801. The first-order valence-corrected chi connectivity index (χ1v) is 5.88. The Morgan fingerprint density at radius 3 is 2.55 bits per heavy atom. The van der Waals surface area contributed by atoms with Gasteiger partial charge in [0.05, 0.1) is 11.0 Å². The third-order valence-electron chi connectivity index (χ3n) is 2.72. The fourth-order valence-electron chi connectivity index (χ4n) is 1.67. The lowest BCUT2D eigenvalue weighted by Gasteiger charge is -2.09. The van der Waals surface area contributed by atoms with Crippen molar-refractivity contribution in [2.45, 2.75) is 13.0 Å². The molecule has 2 aromatic carbocycles. The topological polar surface area (TPSA) is 72.6 Å². The highest BCUT2D eigenvalue weighted by Crippen LogP contribution is 2.32. The van der Waals surface area contributed by atoms with Gasteiger partial charge in [-0.1, -0.05) is 18.2 Å². The molecule has 0 radical (unpaired) electrons. The van der Waals surface area contributed by atoms with E-state index in [4.69, 9.17) is 4.74 Å². The molecule has 0 heterocycles. The highest BCUT2D eigenvalue weighted by molar-refractivity contribution is 5.48. The summed E-state index contributed by atoms with van der Waals surface area (Å²) in [6.07, 6.45) is -0.801. The van der Waals surface area contributed by atoms with Crippen LogP contribution in [0.2, 0.25) is 0 Å². The Balaban J connectivity index is 2.33. The summed E-state index contributed by atoms with van der Waals surface area (Å²) >= 11 is 0. The van der Waals surface area contributed by atoms with Crippen LogP contribution in [0, 0.1) is 15.9 Å². The van der Waals surface area contributed by atoms with Crippen LogP contribution < -0.4 is 4.74 Å². The van der Waals surface area contributed by atoms with Gasteiger partial charge in [0, 0.05) is 6.07 Å². The van der Waals surface area contributed by atoms with Gasteiger partial charge in [-0.25, -0.2) is 4.39 Å². The largest absolute Gasteiger partial charge is 0.447 e. The van der Waals surface area contributed by atoms with Gasteiger partial charge in [-0.15, -0.1) is 0 Å². The van der Waals surface area contributed by atoms with E-state index < -0.39 is 16.8 Å². The molecule has 2 aromatic rings. The number of nitro benzene ring substituents is 1. The summed E-state index contributed by atoms with van der Waals surface area (Å²) in [4.78, 5) is 10.2. The molecular weight excluding hydrogens is 265 g/mol. The third-order valence-corrected chi connectivity index (χ3v) is 2.72.